The summed E-state index contributed by atoms with van der Waals surface area (Å²) in [6, 6.07) is 3.72. The fraction of sp³-hybridized carbons (Fsp3) is 0.500. The van der Waals surface area contributed by atoms with Crippen LogP contribution in [0.15, 0.2) is 30.7 Å². The Bertz CT molecular complexity index is 764. The molecule has 1 saturated carbocycles. The highest BCUT2D eigenvalue weighted by Crippen LogP contribution is 2.23. The van der Waals surface area contributed by atoms with Gasteiger partial charge in [0.05, 0.1) is 5.25 Å². The van der Waals surface area contributed by atoms with Crippen molar-refractivity contribution in [2.45, 2.75) is 50.8 Å². The SMILES string of the molecule is Cc1nccn1-c1cc(CNS(=O)(=O)C2CCCCC2)ccn1. The minimum absolute atomic E-state index is 0.242. The quantitative estimate of drug-likeness (QED) is 0.910. The fourth-order valence-electron chi connectivity index (χ4n) is 3.00. The average Bonchev–Trinajstić information content (AvgIpc) is 3.00. The molecule has 1 aliphatic carbocycles. The summed E-state index contributed by atoms with van der Waals surface area (Å²) < 4.78 is 29.4. The second-order valence-corrected chi connectivity index (χ2v) is 8.04. The van der Waals surface area contributed by atoms with Gasteiger partial charge in [0.2, 0.25) is 10.0 Å². The predicted octanol–water partition coefficient (Wildman–Crippen LogP) is 2.33. The number of nitrogens with one attached hydrogen (secondary N) is 1. The van der Waals surface area contributed by atoms with E-state index < -0.39 is 10.0 Å². The van der Waals surface area contributed by atoms with E-state index in [-0.39, 0.29) is 5.25 Å². The van der Waals surface area contributed by atoms with Gasteiger partial charge in [-0.15, -0.1) is 0 Å². The zero-order valence-corrected chi connectivity index (χ0v) is 14.1. The van der Waals surface area contributed by atoms with Gasteiger partial charge in [0.15, 0.2) is 0 Å². The fourth-order valence-corrected chi connectivity index (χ4v) is 4.56. The van der Waals surface area contributed by atoms with E-state index in [1.807, 2.05) is 29.8 Å². The minimum Gasteiger partial charge on any atom is -0.288 e. The number of aryl methyl sites for hydroxylation is 1. The standard InChI is InChI=1S/C16H22N4O2S/c1-13-17-9-10-20(13)16-11-14(7-8-18-16)12-19-23(21,22)15-5-3-2-4-6-15/h7-11,15,19H,2-6,12H2,1H3. The van der Waals surface area contributed by atoms with Crippen molar-refractivity contribution in [3.8, 4) is 5.82 Å². The highest BCUT2D eigenvalue weighted by Gasteiger charge is 2.26. The van der Waals surface area contributed by atoms with Crippen LogP contribution in [-0.2, 0) is 16.6 Å². The van der Waals surface area contributed by atoms with Crippen molar-refractivity contribution in [3.63, 3.8) is 0 Å². The molecular formula is C16H22N4O2S. The highest BCUT2D eigenvalue weighted by atomic mass is 32.2. The Kier molecular flexibility index (Phi) is 4.77. The van der Waals surface area contributed by atoms with Crippen LogP contribution in [0.1, 0.15) is 43.5 Å². The summed E-state index contributed by atoms with van der Waals surface area (Å²) >= 11 is 0. The molecule has 1 aliphatic rings. The lowest BCUT2D eigenvalue weighted by Crippen LogP contribution is -2.35. The molecule has 2 heterocycles. The number of nitrogens with zero attached hydrogens (tertiary/aromatic N) is 3. The Hall–Kier alpha value is -1.73. The molecule has 6 nitrogen and oxygen atoms in total. The number of aromatic nitrogens is 3. The van der Waals surface area contributed by atoms with E-state index in [9.17, 15) is 8.42 Å². The van der Waals surface area contributed by atoms with Crippen LogP contribution in [0, 0.1) is 6.92 Å². The molecule has 0 spiro atoms. The summed E-state index contributed by atoms with van der Waals surface area (Å²) in [5.74, 6) is 1.59. The lowest BCUT2D eigenvalue weighted by atomic mass is 10.0. The molecule has 0 radical (unpaired) electrons. The first-order valence-electron chi connectivity index (χ1n) is 8.00. The molecule has 0 bridgehead atoms. The third-order valence-electron chi connectivity index (χ3n) is 4.35. The lowest BCUT2D eigenvalue weighted by Gasteiger charge is -2.22. The van der Waals surface area contributed by atoms with Crippen molar-refractivity contribution >= 4 is 10.0 Å². The Balaban J connectivity index is 1.70. The molecule has 0 unspecified atom stereocenters. The van der Waals surface area contributed by atoms with E-state index in [4.69, 9.17) is 0 Å². The van der Waals surface area contributed by atoms with Crippen LogP contribution >= 0.6 is 0 Å². The second kappa shape index (κ2) is 6.80. The maximum absolute atomic E-state index is 12.4. The maximum atomic E-state index is 12.4. The van der Waals surface area contributed by atoms with Crippen molar-refractivity contribution in [1.82, 2.24) is 19.3 Å². The summed E-state index contributed by atoms with van der Waals surface area (Å²) in [5, 5.41) is -0.242. The van der Waals surface area contributed by atoms with Crippen LogP contribution in [0.2, 0.25) is 0 Å². The molecule has 2 aromatic heterocycles. The van der Waals surface area contributed by atoms with Gasteiger partial charge in [-0.05, 0) is 37.5 Å². The zero-order valence-electron chi connectivity index (χ0n) is 13.3. The van der Waals surface area contributed by atoms with Gasteiger partial charge in [0.25, 0.3) is 0 Å². The van der Waals surface area contributed by atoms with E-state index in [0.717, 1.165) is 49.3 Å². The highest BCUT2D eigenvalue weighted by molar-refractivity contribution is 7.90. The number of hydrogen-bond donors (Lipinski definition) is 1. The first-order chi connectivity index (χ1) is 11.1. The van der Waals surface area contributed by atoms with Gasteiger partial charge in [0, 0.05) is 25.1 Å². The van der Waals surface area contributed by atoms with Gasteiger partial charge in [-0.25, -0.2) is 23.1 Å². The number of rotatable bonds is 5. The Morgan fingerprint density at radius 1 is 1.22 bits per heavy atom. The van der Waals surface area contributed by atoms with Crippen molar-refractivity contribution in [1.29, 1.82) is 0 Å². The van der Waals surface area contributed by atoms with Gasteiger partial charge < -0.3 is 0 Å². The lowest BCUT2D eigenvalue weighted by molar-refractivity contribution is 0.477. The molecule has 1 fully saturated rings. The summed E-state index contributed by atoms with van der Waals surface area (Å²) in [7, 11) is -3.25. The average molecular weight is 334 g/mol. The van der Waals surface area contributed by atoms with E-state index in [1.165, 1.54) is 0 Å². The minimum atomic E-state index is -3.25. The first kappa shape index (κ1) is 16.1. The molecule has 7 heteroatoms. The first-order valence-corrected chi connectivity index (χ1v) is 9.54. The van der Waals surface area contributed by atoms with Crippen molar-refractivity contribution < 1.29 is 8.42 Å². The van der Waals surface area contributed by atoms with Crippen LogP contribution in [0.3, 0.4) is 0 Å². The molecule has 23 heavy (non-hydrogen) atoms. The molecular weight excluding hydrogens is 312 g/mol. The van der Waals surface area contributed by atoms with E-state index in [0.29, 0.717) is 6.54 Å². The molecule has 0 atom stereocenters. The summed E-state index contributed by atoms with van der Waals surface area (Å²) in [6.45, 7) is 2.20. The maximum Gasteiger partial charge on any atom is 0.214 e. The van der Waals surface area contributed by atoms with Crippen LogP contribution in [0.25, 0.3) is 5.82 Å². The molecule has 0 amide bonds. The number of sulfonamides is 1. The Morgan fingerprint density at radius 3 is 2.70 bits per heavy atom. The van der Waals surface area contributed by atoms with E-state index in [2.05, 4.69) is 14.7 Å². The molecule has 2 aromatic rings. The number of imidazole rings is 1. The molecule has 3 rings (SSSR count). The third-order valence-corrected chi connectivity index (χ3v) is 6.25. The molecule has 0 saturated heterocycles. The van der Waals surface area contributed by atoms with Crippen LogP contribution in [0.4, 0.5) is 0 Å². The predicted molar refractivity (Wildman–Crippen MR) is 88.7 cm³/mol. The van der Waals surface area contributed by atoms with Crippen LogP contribution in [0.5, 0.6) is 0 Å². The van der Waals surface area contributed by atoms with Crippen molar-refractivity contribution in [3.05, 3.63) is 42.1 Å². The van der Waals surface area contributed by atoms with Gasteiger partial charge >= 0.3 is 0 Å². The molecule has 0 aliphatic heterocycles. The molecule has 124 valence electrons. The second-order valence-electron chi connectivity index (χ2n) is 5.99. The summed E-state index contributed by atoms with van der Waals surface area (Å²) in [5.41, 5.74) is 0.891. The van der Waals surface area contributed by atoms with Gasteiger partial charge in [-0.3, -0.25) is 4.57 Å². The van der Waals surface area contributed by atoms with Crippen LogP contribution < -0.4 is 4.72 Å². The van der Waals surface area contributed by atoms with Crippen molar-refractivity contribution in [2.75, 3.05) is 0 Å². The zero-order chi connectivity index (χ0) is 16.3. The summed E-state index contributed by atoms with van der Waals surface area (Å²) in [6.07, 6.45) is 9.94. The largest absolute Gasteiger partial charge is 0.288 e. The van der Waals surface area contributed by atoms with Gasteiger partial charge in [0.1, 0.15) is 11.6 Å². The van der Waals surface area contributed by atoms with E-state index >= 15 is 0 Å². The molecule has 0 aromatic carbocycles. The van der Waals surface area contributed by atoms with Gasteiger partial charge in [-0.2, -0.15) is 0 Å². The normalized spacial score (nSPS) is 16.6. The summed E-state index contributed by atoms with van der Waals surface area (Å²) in [4.78, 5) is 8.50. The number of hydrogen-bond acceptors (Lipinski definition) is 4. The topological polar surface area (TPSA) is 76.9 Å². The monoisotopic (exact) mass is 334 g/mol. The van der Waals surface area contributed by atoms with E-state index in [1.54, 1.807) is 12.4 Å². The Labute approximate surface area is 137 Å². The molecule has 1 N–H and O–H groups in total. The van der Waals surface area contributed by atoms with Crippen LogP contribution in [-0.4, -0.2) is 28.2 Å². The number of pyridine rings is 1. The smallest absolute Gasteiger partial charge is 0.214 e. The van der Waals surface area contributed by atoms with Gasteiger partial charge in [-0.1, -0.05) is 19.3 Å². The van der Waals surface area contributed by atoms with Crippen molar-refractivity contribution in [2.24, 2.45) is 0 Å². The third kappa shape index (κ3) is 3.79. The Morgan fingerprint density at radius 2 is 2.00 bits per heavy atom.